The molecule has 0 saturated heterocycles. The van der Waals surface area contributed by atoms with Crippen LogP contribution in [-0.2, 0) is 0 Å². The van der Waals surface area contributed by atoms with Crippen molar-refractivity contribution in [1.82, 2.24) is 5.10 Å². The van der Waals surface area contributed by atoms with Gasteiger partial charge >= 0.3 is 0 Å². The van der Waals surface area contributed by atoms with E-state index in [2.05, 4.69) is 51.0 Å². The van der Waals surface area contributed by atoms with Crippen LogP contribution in [0.1, 0.15) is 0 Å². The lowest BCUT2D eigenvalue weighted by atomic mass is 10.3. The van der Waals surface area contributed by atoms with Crippen LogP contribution in [0.15, 0.2) is 24.4 Å². The van der Waals surface area contributed by atoms with Gasteiger partial charge < -0.3 is 0 Å². The molecular weight excluding hydrogens is 239 g/mol. The van der Waals surface area contributed by atoms with E-state index in [1.54, 1.807) is 0 Å². The molecule has 10 heavy (non-hydrogen) atoms. The second-order valence-corrected chi connectivity index (χ2v) is 3.39. The molecule has 2 aromatic rings. The van der Waals surface area contributed by atoms with Crippen LogP contribution in [0.5, 0.6) is 0 Å². The summed E-state index contributed by atoms with van der Waals surface area (Å²) in [5.41, 5.74) is 1.16. The predicted octanol–water partition coefficient (Wildman–Crippen LogP) is 1.59. The van der Waals surface area contributed by atoms with E-state index < -0.39 is 0 Å². The first-order valence-corrected chi connectivity index (χ1v) is 4.08. The number of H-pyrrole nitrogens is 2. The number of aromatic nitrogens is 2. The van der Waals surface area contributed by atoms with E-state index in [-0.39, 0.29) is 0 Å². The van der Waals surface area contributed by atoms with Crippen molar-refractivity contribution in [2.45, 2.75) is 0 Å². The first-order valence-electron chi connectivity index (χ1n) is 3.00. The second kappa shape index (κ2) is 2.23. The van der Waals surface area contributed by atoms with Crippen molar-refractivity contribution in [1.29, 1.82) is 0 Å². The smallest absolute Gasteiger partial charge is 0.167 e. The quantitative estimate of drug-likeness (QED) is 0.683. The average Bonchev–Trinajstić information content (AvgIpc) is 2.33. The maximum Gasteiger partial charge on any atom is 0.200 e. The fraction of sp³-hybridized carbons (Fsp3) is 0. The van der Waals surface area contributed by atoms with E-state index in [1.807, 2.05) is 6.20 Å². The van der Waals surface area contributed by atoms with Crippen LogP contribution < -0.4 is 5.10 Å². The second-order valence-electron chi connectivity index (χ2n) is 2.15. The molecule has 0 radical (unpaired) electrons. The van der Waals surface area contributed by atoms with E-state index in [1.165, 1.54) is 8.96 Å². The predicted molar refractivity (Wildman–Crippen MR) is 47.6 cm³/mol. The van der Waals surface area contributed by atoms with Gasteiger partial charge in [0.2, 0.25) is 6.20 Å². The van der Waals surface area contributed by atoms with Crippen molar-refractivity contribution >= 4 is 33.5 Å². The number of fused-ring (bicyclic) bond motifs is 1. The molecule has 2 nitrogen and oxygen atoms in total. The van der Waals surface area contributed by atoms with Crippen LogP contribution in [-0.4, -0.2) is 5.10 Å². The van der Waals surface area contributed by atoms with Crippen LogP contribution in [0.25, 0.3) is 10.9 Å². The molecule has 1 aromatic heterocycles. The number of nitrogens with one attached hydrogen (secondary N) is 2. The molecule has 0 amide bonds. The van der Waals surface area contributed by atoms with Crippen molar-refractivity contribution in [2.75, 3.05) is 0 Å². The summed E-state index contributed by atoms with van der Waals surface area (Å²) in [7, 11) is 0. The van der Waals surface area contributed by atoms with Crippen LogP contribution in [0, 0.1) is 3.57 Å². The molecule has 0 unspecified atom stereocenters. The Morgan fingerprint density at radius 2 is 2.30 bits per heavy atom. The summed E-state index contributed by atoms with van der Waals surface area (Å²) in [6, 6.07) is 6.28. The Hall–Kier alpha value is -0.580. The Kier molecular flexibility index (Phi) is 1.37. The third-order valence-corrected chi connectivity index (χ3v) is 2.12. The number of halogens is 1. The van der Waals surface area contributed by atoms with Crippen LogP contribution in [0.2, 0.25) is 0 Å². The van der Waals surface area contributed by atoms with E-state index in [9.17, 15) is 0 Å². The molecule has 0 fully saturated rings. The molecular formula is C7H6IN2+. The topological polar surface area (TPSA) is 29.9 Å². The lowest BCUT2D eigenvalue weighted by Crippen LogP contribution is -1.96. The highest BCUT2D eigenvalue weighted by Gasteiger charge is 1.97. The van der Waals surface area contributed by atoms with Gasteiger partial charge in [-0.1, -0.05) is 0 Å². The van der Waals surface area contributed by atoms with Gasteiger partial charge in [0.1, 0.15) is 5.52 Å². The van der Waals surface area contributed by atoms with Crippen LogP contribution in [0.4, 0.5) is 0 Å². The first kappa shape index (κ1) is 6.15. The van der Waals surface area contributed by atoms with Crippen molar-refractivity contribution in [3.05, 3.63) is 28.0 Å². The Balaban J connectivity index is 2.86. The number of benzene rings is 1. The van der Waals surface area contributed by atoms with Gasteiger partial charge in [0, 0.05) is 3.57 Å². The van der Waals surface area contributed by atoms with Crippen LogP contribution >= 0.6 is 22.6 Å². The van der Waals surface area contributed by atoms with Gasteiger partial charge in [-0.3, -0.25) is 0 Å². The highest BCUT2D eigenvalue weighted by atomic mass is 127. The highest BCUT2D eigenvalue weighted by Crippen LogP contribution is 2.12. The molecule has 0 atom stereocenters. The van der Waals surface area contributed by atoms with Gasteiger partial charge in [-0.25, -0.2) is 0 Å². The zero-order valence-corrected chi connectivity index (χ0v) is 7.34. The molecule has 0 bridgehead atoms. The Labute approximate surface area is 71.8 Å². The number of rotatable bonds is 0. The van der Waals surface area contributed by atoms with E-state index >= 15 is 0 Å². The van der Waals surface area contributed by atoms with Gasteiger partial charge in [-0.05, 0) is 40.8 Å². The Morgan fingerprint density at radius 1 is 1.40 bits per heavy atom. The number of hydrogen-bond donors (Lipinski definition) is 1. The monoisotopic (exact) mass is 245 g/mol. The Morgan fingerprint density at radius 3 is 3.20 bits per heavy atom. The zero-order chi connectivity index (χ0) is 6.97. The summed E-state index contributed by atoms with van der Waals surface area (Å²) in [4.78, 5) is 0. The third-order valence-electron chi connectivity index (χ3n) is 1.45. The van der Waals surface area contributed by atoms with Gasteiger partial charge in [0.15, 0.2) is 0 Å². The summed E-state index contributed by atoms with van der Waals surface area (Å²) >= 11 is 2.29. The zero-order valence-electron chi connectivity index (χ0n) is 5.19. The summed E-state index contributed by atoms with van der Waals surface area (Å²) in [6.07, 6.45) is 1.95. The standard InChI is InChI=1S/C7H5IN2/c8-6-2-1-5-4-9-10-7(5)3-6/h1-4H,(H,9,10)/p+1. The van der Waals surface area contributed by atoms with E-state index in [0.29, 0.717) is 0 Å². The number of hydrogen-bond acceptors (Lipinski definition) is 0. The molecule has 2 N–H and O–H groups in total. The van der Waals surface area contributed by atoms with Crippen molar-refractivity contribution < 1.29 is 5.10 Å². The minimum Gasteiger partial charge on any atom is -0.167 e. The number of aromatic amines is 2. The van der Waals surface area contributed by atoms with Crippen molar-refractivity contribution in [3.63, 3.8) is 0 Å². The maximum absolute atomic E-state index is 3.03. The van der Waals surface area contributed by atoms with Gasteiger partial charge in [0.25, 0.3) is 0 Å². The van der Waals surface area contributed by atoms with Gasteiger partial charge in [0.05, 0.1) is 5.39 Å². The largest absolute Gasteiger partial charge is 0.200 e. The molecule has 1 aromatic carbocycles. The lowest BCUT2D eigenvalue weighted by Gasteiger charge is -1.85. The van der Waals surface area contributed by atoms with E-state index in [4.69, 9.17) is 0 Å². The van der Waals surface area contributed by atoms with Crippen molar-refractivity contribution in [3.8, 4) is 0 Å². The van der Waals surface area contributed by atoms with E-state index in [0.717, 1.165) is 5.52 Å². The molecule has 1 heterocycles. The minimum absolute atomic E-state index is 1.16. The SMILES string of the molecule is Ic1ccc2c[nH+][nH]c2c1. The summed E-state index contributed by atoms with van der Waals surface area (Å²) in [5.74, 6) is 0. The summed E-state index contributed by atoms with van der Waals surface area (Å²) < 4.78 is 1.25. The highest BCUT2D eigenvalue weighted by molar-refractivity contribution is 14.1. The van der Waals surface area contributed by atoms with Gasteiger partial charge in [-0.2, -0.15) is 5.10 Å². The lowest BCUT2D eigenvalue weighted by molar-refractivity contribution is -0.446. The minimum atomic E-state index is 1.16. The average molecular weight is 245 g/mol. The fourth-order valence-electron chi connectivity index (χ4n) is 0.954. The third kappa shape index (κ3) is 0.901. The molecule has 0 saturated carbocycles. The first-order chi connectivity index (χ1) is 4.86. The molecule has 0 spiro atoms. The molecule has 0 aliphatic heterocycles. The summed E-state index contributed by atoms with van der Waals surface area (Å²) in [6.45, 7) is 0. The normalized spacial score (nSPS) is 10.5. The fourth-order valence-corrected chi connectivity index (χ4v) is 1.45. The van der Waals surface area contributed by atoms with Crippen LogP contribution in [0.3, 0.4) is 0 Å². The molecule has 2 rings (SSSR count). The maximum atomic E-state index is 3.03. The molecule has 0 aliphatic carbocycles. The molecule has 0 aliphatic rings. The Bertz CT molecular complexity index is 353. The summed E-state index contributed by atoms with van der Waals surface area (Å²) in [5, 5.41) is 7.19. The molecule has 3 heteroatoms. The molecule has 50 valence electrons. The van der Waals surface area contributed by atoms with Gasteiger partial charge in [-0.15, -0.1) is 5.10 Å². The van der Waals surface area contributed by atoms with Crippen molar-refractivity contribution in [2.24, 2.45) is 0 Å².